The zero-order valence-corrected chi connectivity index (χ0v) is 11.3. The van der Waals surface area contributed by atoms with Gasteiger partial charge >= 0.3 is 0 Å². The van der Waals surface area contributed by atoms with E-state index in [1.807, 2.05) is 59.3 Å². The minimum absolute atomic E-state index is 0.630. The molecule has 0 saturated carbocycles. The summed E-state index contributed by atoms with van der Waals surface area (Å²) in [5.74, 6) is 0. The van der Waals surface area contributed by atoms with Crippen molar-refractivity contribution in [3.63, 3.8) is 0 Å². The molecule has 0 unspecified atom stereocenters. The molecule has 0 amide bonds. The number of H-pyrrole nitrogens is 1. The minimum Gasteiger partial charge on any atom is -0.120 e. The lowest BCUT2D eigenvalue weighted by Gasteiger charge is -2.02. The molecule has 2 aromatic carbocycles. The molecule has 1 heterocycles. The van der Waals surface area contributed by atoms with Gasteiger partial charge in [0.25, 0.3) is 0 Å². The first-order valence-electron chi connectivity index (χ1n) is 6.69. The standard InChI is InChI=1S/C16H16N3O/c1-2-8-14(13-9-4-3-5-10-13)18-15-11-6-7-12-16(15)19(20)17-18/h3-12H,2H2,1H3,(H,17,20)/q+1/b14-8+. The van der Waals surface area contributed by atoms with E-state index in [2.05, 4.69) is 18.2 Å². The molecule has 4 heteroatoms. The SMILES string of the molecule is CC/C=C(\c1ccccc1)n1[nH][n+](=O)c2ccccc21. The van der Waals surface area contributed by atoms with Gasteiger partial charge in [-0.1, -0.05) is 54.6 Å². The second-order valence-corrected chi connectivity index (χ2v) is 4.58. The summed E-state index contributed by atoms with van der Waals surface area (Å²) in [6.07, 6.45) is 3.00. The van der Waals surface area contributed by atoms with Gasteiger partial charge < -0.3 is 0 Å². The van der Waals surface area contributed by atoms with Crippen LogP contribution >= 0.6 is 0 Å². The Labute approximate surface area is 116 Å². The number of benzene rings is 2. The second-order valence-electron chi connectivity index (χ2n) is 4.58. The lowest BCUT2D eigenvalue weighted by Crippen LogP contribution is -2.17. The molecule has 0 atom stereocenters. The average Bonchev–Trinajstić information content (AvgIpc) is 2.83. The fourth-order valence-electron chi connectivity index (χ4n) is 2.35. The Bertz CT molecular complexity index is 812. The highest BCUT2D eigenvalue weighted by atomic mass is 16.3. The summed E-state index contributed by atoms with van der Waals surface area (Å²) in [5.41, 5.74) is 3.56. The third-order valence-electron chi connectivity index (χ3n) is 3.24. The highest BCUT2D eigenvalue weighted by Crippen LogP contribution is 2.20. The largest absolute Gasteiger partial charge is 0.249 e. The first-order chi connectivity index (χ1) is 9.81. The molecule has 1 N–H and O–H groups in total. The molecule has 0 radical (unpaired) electrons. The fourth-order valence-corrected chi connectivity index (χ4v) is 2.35. The molecule has 3 rings (SSSR count). The number of hydrogen-bond acceptors (Lipinski definition) is 1. The normalized spacial score (nSPS) is 11.9. The van der Waals surface area contributed by atoms with Crippen molar-refractivity contribution in [1.82, 2.24) is 9.90 Å². The maximum absolute atomic E-state index is 12.0. The summed E-state index contributed by atoms with van der Waals surface area (Å²) in [6, 6.07) is 17.6. The van der Waals surface area contributed by atoms with Crippen molar-refractivity contribution >= 4 is 16.7 Å². The van der Waals surface area contributed by atoms with Gasteiger partial charge in [0.15, 0.2) is 5.70 Å². The molecule has 100 valence electrons. The predicted molar refractivity (Wildman–Crippen MR) is 79.8 cm³/mol. The molecule has 0 aliphatic rings. The van der Waals surface area contributed by atoms with Crippen molar-refractivity contribution in [1.29, 1.82) is 0 Å². The molecule has 4 nitrogen and oxygen atoms in total. The van der Waals surface area contributed by atoms with Gasteiger partial charge in [0, 0.05) is 5.56 Å². The van der Waals surface area contributed by atoms with Crippen LogP contribution < -0.4 is 4.54 Å². The summed E-state index contributed by atoms with van der Waals surface area (Å²) in [5, 5.41) is 2.85. The zero-order valence-electron chi connectivity index (χ0n) is 11.3. The fraction of sp³-hybridized carbons (Fsp3) is 0.125. The number of fused-ring (bicyclic) bond motifs is 1. The van der Waals surface area contributed by atoms with Crippen LogP contribution in [0.4, 0.5) is 0 Å². The number of hydrogen-bond donors (Lipinski definition) is 1. The van der Waals surface area contributed by atoms with Crippen molar-refractivity contribution < 1.29 is 4.54 Å². The minimum atomic E-state index is 0.630. The van der Waals surface area contributed by atoms with Crippen LogP contribution in [-0.2, 0) is 0 Å². The highest BCUT2D eigenvalue weighted by molar-refractivity contribution is 5.78. The summed E-state index contributed by atoms with van der Waals surface area (Å²) >= 11 is 0. The van der Waals surface area contributed by atoms with Crippen LogP contribution in [0.3, 0.4) is 0 Å². The molecule has 1 aromatic heterocycles. The van der Waals surface area contributed by atoms with E-state index < -0.39 is 0 Å². The van der Waals surface area contributed by atoms with Crippen LogP contribution in [0.1, 0.15) is 18.9 Å². The van der Waals surface area contributed by atoms with Crippen molar-refractivity contribution in [3.8, 4) is 0 Å². The van der Waals surface area contributed by atoms with E-state index in [0.717, 1.165) is 27.7 Å². The number of nitrogens with zero attached hydrogens (tertiary/aromatic N) is 2. The van der Waals surface area contributed by atoms with Gasteiger partial charge in [0.05, 0.1) is 4.54 Å². The number of aromatic amines is 1. The van der Waals surface area contributed by atoms with Crippen molar-refractivity contribution in [2.24, 2.45) is 0 Å². The van der Waals surface area contributed by atoms with Gasteiger partial charge in [-0.2, -0.15) is 0 Å². The zero-order chi connectivity index (χ0) is 13.9. The summed E-state index contributed by atoms with van der Waals surface area (Å²) in [4.78, 5) is 12.0. The lowest BCUT2D eigenvalue weighted by atomic mass is 10.1. The van der Waals surface area contributed by atoms with Crippen LogP contribution in [0.15, 0.2) is 60.7 Å². The number of aromatic nitrogens is 3. The first kappa shape index (κ1) is 12.4. The monoisotopic (exact) mass is 266 g/mol. The average molecular weight is 266 g/mol. The van der Waals surface area contributed by atoms with E-state index in [4.69, 9.17) is 0 Å². The Hall–Kier alpha value is -2.62. The number of allylic oxidation sites excluding steroid dienone is 1. The number of nitrogens with one attached hydrogen (secondary N) is 1. The Morgan fingerprint density at radius 3 is 2.60 bits per heavy atom. The van der Waals surface area contributed by atoms with Gasteiger partial charge in [0.2, 0.25) is 11.0 Å². The Kier molecular flexibility index (Phi) is 3.21. The maximum atomic E-state index is 12.0. The summed E-state index contributed by atoms with van der Waals surface area (Å²) in [6.45, 7) is 2.08. The molecule has 0 saturated heterocycles. The molecule has 20 heavy (non-hydrogen) atoms. The molecular weight excluding hydrogens is 250 g/mol. The Morgan fingerprint density at radius 1 is 1.15 bits per heavy atom. The third-order valence-corrected chi connectivity index (χ3v) is 3.24. The smallest absolute Gasteiger partial charge is 0.120 e. The molecular formula is C16H16N3O+. The van der Waals surface area contributed by atoms with Gasteiger partial charge in [-0.15, -0.1) is 4.68 Å². The number of rotatable bonds is 3. The van der Waals surface area contributed by atoms with Gasteiger partial charge in [0.1, 0.15) is 0 Å². The van der Waals surface area contributed by atoms with Crippen molar-refractivity contribution in [2.45, 2.75) is 13.3 Å². The van der Waals surface area contributed by atoms with E-state index in [1.165, 1.54) is 0 Å². The molecule has 0 spiro atoms. The van der Waals surface area contributed by atoms with Gasteiger partial charge in [-0.3, -0.25) is 0 Å². The third kappa shape index (κ3) is 2.05. The van der Waals surface area contributed by atoms with Crippen LogP contribution in [-0.4, -0.2) is 9.90 Å². The highest BCUT2D eigenvalue weighted by Gasteiger charge is 2.18. The maximum Gasteiger partial charge on any atom is 0.249 e. The van der Waals surface area contributed by atoms with Gasteiger partial charge in [-0.05, 0) is 29.5 Å². The summed E-state index contributed by atoms with van der Waals surface area (Å²) in [7, 11) is 0. The van der Waals surface area contributed by atoms with E-state index in [-0.39, 0.29) is 0 Å². The van der Waals surface area contributed by atoms with Crippen LogP contribution in [0, 0.1) is 4.91 Å². The second kappa shape index (κ2) is 5.17. The van der Waals surface area contributed by atoms with E-state index in [9.17, 15) is 4.91 Å². The molecule has 0 aliphatic carbocycles. The summed E-state index contributed by atoms with van der Waals surface area (Å²) < 4.78 is 2.63. The van der Waals surface area contributed by atoms with E-state index in [1.54, 1.807) is 0 Å². The van der Waals surface area contributed by atoms with E-state index in [0.29, 0.717) is 5.52 Å². The van der Waals surface area contributed by atoms with Crippen LogP contribution in [0.25, 0.3) is 16.7 Å². The molecule has 0 fully saturated rings. The Balaban J connectivity index is 2.27. The van der Waals surface area contributed by atoms with Crippen molar-refractivity contribution in [3.05, 3.63) is 71.1 Å². The van der Waals surface area contributed by atoms with Crippen LogP contribution in [0.5, 0.6) is 0 Å². The number of para-hydroxylation sites is 2. The Morgan fingerprint density at radius 2 is 1.85 bits per heavy atom. The van der Waals surface area contributed by atoms with Crippen LogP contribution in [0.2, 0.25) is 0 Å². The molecule has 3 aromatic rings. The van der Waals surface area contributed by atoms with Gasteiger partial charge in [-0.25, -0.2) is 0 Å². The predicted octanol–water partition coefficient (Wildman–Crippen LogP) is 3.18. The van der Waals surface area contributed by atoms with Crippen molar-refractivity contribution in [2.75, 3.05) is 0 Å². The first-order valence-corrected chi connectivity index (χ1v) is 6.69. The molecule has 0 bridgehead atoms. The lowest BCUT2D eigenvalue weighted by molar-refractivity contribution is -0.539. The molecule has 0 aliphatic heterocycles. The van der Waals surface area contributed by atoms with E-state index >= 15 is 0 Å². The quantitative estimate of drug-likeness (QED) is 0.727. The topological polar surface area (TPSA) is 43.7 Å².